The third-order valence-corrected chi connectivity index (χ3v) is 10.3. The van der Waals surface area contributed by atoms with Gasteiger partial charge in [-0.25, -0.2) is 9.59 Å². The van der Waals surface area contributed by atoms with E-state index >= 15 is 0 Å². The number of methoxy groups -OCH3 is 1. The van der Waals surface area contributed by atoms with Crippen LogP contribution in [0.25, 0.3) is 0 Å². The molecule has 4 aliphatic rings. The summed E-state index contributed by atoms with van der Waals surface area (Å²) in [6.45, 7) is 4.19. The maximum absolute atomic E-state index is 13.5. The number of rotatable bonds is 8. The van der Waals surface area contributed by atoms with Gasteiger partial charge in [-0.1, -0.05) is 49.2 Å². The molecule has 2 aliphatic heterocycles. The zero-order chi connectivity index (χ0) is 35.6. The largest absolute Gasteiger partial charge is 0.467 e. The van der Waals surface area contributed by atoms with Crippen LogP contribution in [0.15, 0.2) is 48.5 Å². The maximum atomic E-state index is 13.5. The molecule has 0 aromatic heterocycles. The van der Waals surface area contributed by atoms with Crippen LogP contribution < -0.4 is 4.74 Å². The van der Waals surface area contributed by atoms with E-state index in [4.69, 9.17) is 33.2 Å². The van der Waals surface area contributed by atoms with Crippen molar-refractivity contribution < 1.29 is 57.1 Å². The van der Waals surface area contributed by atoms with Gasteiger partial charge in [0.15, 0.2) is 18.3 Å². The molecule has 8 atom stereocenters. The smallest absolute Gasteiger partial charge is 0.410 e. The molecule has 13 heteroatoms. The highest BCUT2D eigenvalue weighted by atomic mass is 16.7. The fourth-order valence-corrected chi connectivity index (χ4v) is 8.40. The Morgan fingerprint density at radius 3 is 2.26 bits per heavy atom. The predicted molar refractivity (Wildman–Crippen MR) is 173 cm³/mol. The standard InChI is InChI=1S/C37H43NO12/c1-21(39)46-30-31(47-22(2)40)33(48-23(3)41)35(50-32(30)34(42)44-4)49-26-14-13-25-18-29-27-12-8-9-15-37(27,28(25)19-26)16-17-38(29)36(43)45-20-24-10-6-5-7-11-24/h5-7,10-11,13-14,19,27,29-33,35H,8-9,12,15-18,20H2,1-4H3/t27-,29-,30+,31+,32+,33-,35-,37-/m1/s1. The van der Waals surface area contributed by atoms with Crippen LogP contribution in [0.2, 0.25) is 0 Å². The van der Waals surface area contributed by atoms with E-state index in [-0.39, 0.29) is 30.1 Å². The highest BCUT2D eigenvalue weighted by Crippen LogP contribution is 2.56. The minimum Gasteiger partial charge on any atom is -0.467 e. The normalized spacial score (nSPS) is 29.7. The summed E-state index contributed by atoms with van der Waals surface area (Å²) in [4.78, 5) is 64.8. The zero-order valence-electron chi connectivity index (χ0n) is 28.7. The second-order valence-electron chi connectivity index (χ2n) is 13.4. The topological polar surface area (TPSA) is 153 Å². The Kier molecular flexibility index (Phi) is 10.3. The van der Waals surface area contributed by atoms with E-state index in [1.807, 2.05) is 47.4 Å². The molecule has 2 heterocycles. The van der Waals surface area contributed by atoms with Gasteiger partial charge >= 0.3 is 30.0 Å². The van der Waals surface area contributed by atoms with E-state index in [0.29, 0.717) is 18.7 Å². The van der Waals surface area contributed by atoms with Gasteiger partial charge in [0.2, 0.25) is 12.4 Å². The number of likely N-dealkylation sites (tertiary alicyclic amines) is 1. The zero-order valence-corrected chi connectivity index (χ0v) is 28.7. The molecule has 1 amide bonds. The van der Waals surface area contributed by atoms with E-state index in [9.17, 15) is 24.0 Å². The van der Waals surface area contributed by atoms with Crippen molar-refractivity contribution in [3.05, 3.63) is 65.2 Å². The molecule has 2 saturated heterocycles. The monoisotopic (exact) mass is 693 g/mol. The third kappa shape index (κ3) is 7.01. The van der Waals surface area contributed by atoms with Crippen molar-refractivity contribution in [2.45, 2.75) is 108 Å². The number of hydrogen-bond acceptors (Lipinski definition) is 12. The lowest BCUT2D eigenvalue weighted by Gasteiger charge is -2.58. The lowest BCUT2D eigenvalue weighted by molar-refractivity contribution is -0.282. The molecule has 2 aromatic carbocycles. The molecule has 50 heavy (non-hydrogen) atoms. The fourth-order valence-electron chi connectivity index (χ4n) is 8.40. The Morgan fingerprint density at radius 2 is 1.56 bits per heavy atom. The number of fused-ring (bicyclic) bond motifs is 1. The highest BCUT2D eigenvalue weighted by molar-refractivity contribution is 5.77. The second-order valence-corrected chi connectivity index (χ2v) is 13.4. The summed E-state index contributed by atoms with van der Waals surface area (Å²) in [6.07, 6.45) is -2.21. The molecule has 2 bridgehead atoms. The number of ether oxygens (including phenoxy) is 7. The summed E-state index contributed by atoms with van der Waals surface area (Å²) < 4.78 is 39.5. The van der Waals surface area contributed by atoms with Crippen LogP contribution in [-0.4, -0.2) is 85.3 Å². The van der Waals surface area contributed by atoms with Crippen LogP contribution in [-0.2, 0) is 66.0 Å². The Balaban J connectivity index is 1.29. The van der Waals surface area contributed by atoms with E-state index in [1.165, 1.54) is 0 Å². The van der Waals surface area contributed by atoms with Crippen LogP contribution in [0.4, 0.5) is 4.79 Å². The summed E-state index contributed by atoms with van der Waals surface area (Å²) in [5.41, 5.74) is 2.97. The van der Waals surface area contributed by atoms with Gasteiger partial charge < -0.3 is 38.1 Å². The van der Waals surface area contributed by atoms with Crippen molar-refractivity contribution in [2.75, 3.05) is 13.7 Å². The van der Waals surface area contributed by atoms with Crippen molar-refractivity contribution in [3.8, 4) is 5.75 Å². The summed E-state index contributed by atoms with van der Waals surface area (Å²) in [6, 6.07) is 15.3. The van der Waals surface area contributed by atoms with E-state index in [0.717, 1.165) is 76.7 Å². The molecule has 0 N–H and O–H groups in total. The number of amides is 1. The first-order valence-corrected chi connectivity index (χ1v) is 17.0. The first-order valence-electron chi connectivity index (χ1n) is 17.0. The molecule has 2 aliphatic carbocycles. The SMILES string of the molecule is COC(=O)[C@H]1O[C@@H](Oc2ccc3c(c2)[C@@]24CCCC[C@@H]2[C@@H](C3)N(C(=O)OCc2ccccc2)CC4)[C@H](OC(C)=O)[C@@H](OC(C)=O)[C@@H]1OC(C)=O. The minimum atomic E-state index is -1.56. The lowest BCUT2D eigenvalue weighted by atomic mass is 9.52. The van der Waals surface area contributed by atoms with Gasteiger partial charge in [-0.05, 0) is 60.4 Å². The molecule has 0 radical (unpaired) electrons. The Hall–Kier alpha value is -4.65. The number of esters is 4. The predicted octanol–water partition coefficient (Wildman–Crippen LogP) is 4.15. The van der Waals surface area contributed by atoms with Gasteiger partial charge in [0.05, 0.1) is 7.11 Å². The van der Waals surface area contributed by atoms with Gasteiger partial charge in [-0.2, -0.15) is 0 Å². The second kappa shape index (κ2) is 14.7. The Bertz CT molecular complexity index is 1610. The fraction of sp³-hybridized carbons (Fsp3) is 0.541. The van der Waals surface area contributed by atoms with Crippen molar-refractivity contribution >= 4 is 30.0 Å². The molecule has 0 spiro atoms. The van der Waals surface area contributed by atoms with Crippen LogP contribution in [0, 0.1) is 5.92 Å². The molecule has 2 aromatic rings. The summed E-state index contributed by atoms with van der Waals surface area (Å²) in [7, 11) is 1.14. The van der Waals surface area contributed by atoms with Gasteiger partial charge in [-0.15, -0.1) is 0 Å². The number of piperidine rings is 1. The molecule has 13 nitrogen and oxygen atoms in total. The summed E-state index contributed by atoms with van der Waals surface area (Å²) in [5.74, 6) is -2.60. The lowest BCUT2D eigenvalue weighted by Crippen LogP contribution is -2.64. The van der Waals surface area contributed by atoms with E-state index in [1.54, 1.807) is 6.07 Å². The highest BCUT2D eigenvalue weighted by Gasteiger charge is 2.57. The van der Waals surface area contributed by atoms with Crippen LogP contribution in [0.3, 0.4) is 0 Å². The molecule has 268 valence electrons. The van der Waals surface area contributed by atoms with Gasteiger partial charge in [0, 0.05) is 38.8 Å². The van der Waals surface area contributed by atoms with E-state index < -0.39 is 54.6 Å². The van der Waals surface area contributed by atoms with Crippen LogP contribution >= 0.6 is 0 Å². The molecule has 1 saturated carbocycles. The van der Waals surface area contributed by atoms with Crippen molar-refractivity contribution in [1.29, 1.82) is 0 Å². The van der Waals surface area contributed by atoms with Gasteiger partial charge in [0.25, 0.3) is 0 Å². The summed E-state index contributed by atoms with van der Waals surface area (Å²) in [5, 5.41) is 0. The van der Waals surface area contributed by atoms with Crippen LogP contribution in [0.1, 0.15) is 69.6 Å². The van der Waals surface area contributed by atoms with Crippen molar-refractivity contribution in [1.82, 2.24) is 4.90 Å². The molecule has 0 unspecified atom stereocenters. The van der Waals surface area contributed by atoms with Crippen molar-refractivity contribution in [2.24, 2.45) is 5.92 Å². The molecule has 6 rings (SSSR count). The Morgan fingerprint density at radius 1 is 0.860 bits per heavy atom. The number of nitrogens with zero attached hydrogens (tertiary/aromatic N) is 1. The third-order valence-electron chi connectivity index (χ3n) is 10.3. The van der Waals surface area contributed by atoms with Gasteiger partial charge in [-0.3, -0.25) is 14.4 Å². The molecular weight excluding hydrogens is 650 g/mol. The average Bonchev–Trinajstić information content (AvgIpc) is 3.09. The Labute approximate surface area is 290 Å². The summed E-state index contributed by atoms with van der Waals surface area (Å²) >= 11 is 0. The number of benzene rings is 2. The first kappa shape index (κ1) is 35.2. The van der Waals surface area contributed by atoms with Crippen LogP contribution in [0.5, 0.6) is 5.75 Å². The van der Waals surface area contributed by atoms with E-state index in [2.05, 4.69) is 0 Å². The first-order chi connectivity index (χ1) is 24.0. The van der Waals surface area contributed by atoms with Gasteiger partial charge in [0.1, 0.15) is 12.4 Å². The number of hydrogen-bond donors (Lipinski definition) is 0. The molecular formula is C37H43NO12. The number of carbonyl (C=O) groups is 5. The number of carbonyl (C=O) groups excluding carboxylic acids is 5. The minimum absolute atomic E-state index is 0.00914. The maximum Gasteiger partial charge on any atom is 0.410 e. The average molecular weight is 694 g/mol. The van der Waals surface area contributed by atoms with Crippen molar-refractivity contribution in [3.63, 3.8) is 0 Å². The quantitative estimate of drug-likeness (QED) is 0.288. The molecule has 3 fully saturated rings.